The molecule has 7 heteroatoms. The summed E-state index contributed by atoms with van der Waals surface area (Å²) in [4.78, 5) is 17.7. The fraction of sp³-hybridized carbons (Fsp3) is 0.333. The standard InChI is InChI=1S/C24H27ClN4O2/c1-3-23-22(17-26-29(23)20-7-4-6-18(25)16-20)24(30)28-13-5-12-27(14-15-28)19-8-10-21(31-2)11-9-19/h4,6-11,16-17H,3,5,12-15H2,1-2H3. The third-order valence-electron chi connectivity index (χ3n) is 5.71. The van der Waals surface area contributed by atoms with Crippen molar-refractivity contribution in [3.8, 4) is 11.4 Å². The van der Waals surface area contributed by atoms with Crippen molar-refractivity contribution in [1.29, 1.82) is 0 Å². The molecule has 1 fully saturated rings. The Bertz CT molecular complexity index is 1050. The lowest BCUT2D eigenvalue weighted by Gasteiger charge is -2.24. The van der Waals surface area contributed by atoms with E-state index in [1.165, 1.54) is 0 Å². The van der Waals surface area contributed by atoms with Gasteiger partial charge in [0.2, 0.25) is 0 Å². The first-order chi connectivity index (χ1) is 15.1. The Morgan fingerprint density at radius 1 is 1.06 bits per heavy atom. The number of halogens is 1. The highest BCUT2D eigenvalue weighted by Gasteiger charge is 2.25. The average molecular weight is 439 g/mol. The molecule has 0 saturated carbocycles. The molecule has 2 aromatic carbocycles. The molecule has 162 valence electrons. The summed E-state index contributed by atoms with van der Waals surface area (Å²) in [6.07, 6.45) is 3.31. The van der Waals surface area contributed by atoms with Gasteiger partial charge in [-0.15, -0.1) is 0 Å². The molecule has 6 nitrogen and oxygen atoms in total. The zero-order valence-corrected chi connectivity index (χ0v) is 18.7. The van der Waals surface area contributed by atoms with Crippen LogP contribution in [0.2, 0.25) is 5.02 Å². The van der Waals surface area contributed by atoms with E-state index in [0.717, 1.165) is 48.9 Å². The summed E-state index contributed by atoms with van der Waals surface area (Å²) in [6.45, 7) is 5.16. The monoisotopic (exact) mass is 438 g/mol. The Labute approximate surface area is 188 Å². The number of nitrogens with zero attached hydrogens (tertiary/aromatic N) is 4. The van der Waals surface area contributed by atoms with Crippen LogP contribution in [0, 0.1) is 0 Å². The SMILES string of the molecule is CCc1c(C(=O)N2CCCN(c3ccc(OC)cc3)CC2)cnn1-c1cccc(Cl)c1. The lowest BCUT2D eigenvalue weighted by Crippen LogP contribution is -2.35. The van der Waals surface area contributed by atoms with E-state index in [9.17, 15) is 4.79 Å². The lowest BCUT2D eigenvalue weighted by atomic mass is 10.1. The maximum Gasteiger partial charge on any atom is 0.257 e. The smallest absolute Gasteiger partial charge is 0.257 e. The first-order valence-electron chi connectivity index (χ1n) is 10.6. The van der Waals surface area contributed by atoms with Crippen molar-refractivity contribution >= 4 is 23.2 Å². The number of carbonyl (C=O) groups is 1. The quantitative estimate of drug-likeness (QED) is 0.590. The summed E-state index contributed by atoms with van der Waals surface area (Å²) >= 11 is 6.15. The van der Waals surface area contributed by atoms with Gasteiger partial charge < -0.3 is 14.5 Å². The zero-order chi connectivity index (χ0) is 21.8. The molecule has 1 amide bonds. The van der Waals surface area contributed by atoms with Gasteiger partial charge in [0.25, 0.3) is 5.91 Å². The first kappa shape index (κ1) is 21.2. The van der Waals surface area contributed by atoms with Gasteiger partial charge in [-0.05, 0) is 55.3 Å². The number of methoxy groups -OCH3 is 1. The van der Waals surface area contributed by atoms with Gasteiger partial charge in [-0.1, -0.05) is 24.6 Å². The normalized spacial score (nSPS) is 14.4. The van der Waals surface area contributed by atoms with Gasteiger partial charge in [-0.3, -0.25) is 4.79 Å². The molecule has 31 heavy (non-hydrogen) atoms. The van der Waals surface area contributed by atoms with Crippen LogP contribution in [0.15, 0.2) is 54.7 Å². The highest BCUT2D eigenvalue weighted by Crippen LogP contribution is 2.23. The van der Waals surface area contributed by atoms with Gasteiger partial charge >= 0.3 is 0 Å². The number of ether oxygens (including phenoxy) is 1. The molecule has 3 aromatic rings. The predicted molar refractivity (Wildman–Crippen MR) is 124 cm³/mol. The number of rotatable bonds is 5. The molecule has 1 aliphatic rings. The van der Waals surface area contributed by atoms with Crippen LogP contribution in [0.4, 0.5) is 5.69 Å². The average Bonchev–Trinajstić information content (AvgIpc) is 3.08. The summed E-state index contributed by atoms with van der Waals surface area (Å²) in [7, 11) is 1.67. The molecule has 0 radical (unpaired) electrons. The highest BCUT2D eigenvalue weighted by molar-refractivity contribution is 6.30. The van der Waals surface area contributed by atoms with Gasteiger partial charge in [0.15, 0.2) is 0 Å². The van der Waals surface area contributed by atoms with Gasteiger partial charge in [0.1, 0.15) is 5.75 Å². The van der Waals surface area contributed by atoms with Crippen LogP contribution in [0.1, 0.15) is 29.4 Å². The highest BCUT2D eigenvalue weighted by atomic mass is 35.5. The second-order valence-electron chi connectivity index (χ2n) is 7.58. The second-order valence-corrected chi connectivity index (χ2v) is 8.02. The third kappa shape index (κ3) is 4.54. The molecule has 0 unspecified atom stereocenters. The van der Waals surface area contributed by atoms with Crippen LogP contribution in [-0.4, -0.2) is 53.9 Å². The Morgan fingerprint density at radius 3 is 2.58 bits per heavy atom. The van der Waals surface area contributed by atoms with Crippen LogP contribution in [-0.2, 0) is 6.42 Å². The van der Waals surface area contributed by atoms with E-state index in [1.54, 1.807) is 13.3 Å². The van der Waals surface area contributed by atoms with Gasteiger partial charge in [0, 0.05) is 36.9 Å². The fourth-order valence-electron chi connectivity index (χ4n) is 4.07. The molecule has 0 spiro atoms. The maximum atomic E-state index is 13.4. The number of hydrogen-bond acceptors (Lipinski definition) is 4. The molecule has 1 aliphatic heterocycles. The minimum atomic E-state index is 0.0432. The second kappa shape index (κ2) is 9.43. The summed E-state index contributed by atoms with van der Waals surface area (Å²) < 4.78 is 7.07. The Kier molecular flexibility index (Phi) is 6.47. The van der Waals surface area contributed by atoms with Crippen LogP contribution in [0.3, 0.4) is 0 Å². The molecule has 2 heterocycles. The molecule has 0 aliphatic carbocycles. The topological polar surface area (TPSA) is 50.6 Å². The van der Waals surface area contributed by atoms with Crippen LogP contribution in [0.25, 0.3) is 5.69 Å². The minimum Gasteiger partial charge on any atom is -0.497 e. The van der Waals surface area contributed by atoms with Crippen molar-refractivity contribution in [2.75, 3.05) is 38.2 Å². The number of carbonyl (C=O) groups excluding carboxylic acids is 1. The number of benzene rings is 2. The molecule has 1 saturated heterocycles. The van der Waals surface area contributed by atoms with Crippen molar-refractivity contribution < 1.29 is 9.53 Å². The van der Waals surface area contributed by atoms with Crippen molar-refractivity contribution in [2.45, 2.75) is 19.8 Å². The summed E-state index contributed by atoms with van der Waals surface area (Å²) in [5.74, 6) is 0.890. The lowest BCUT2D eigenvalue weighted by molar-refractivity contribution is 0.0766. The summed E-state index contributed by atoms with van der Waals surface area (Å²) in [5, 5.41) is 5.15. The van der Waals surface area contributed by atoms with E-state index in [0.29, 0.717) is 23.6 Å². The summed E-state index contributed by atoms with van der Waals surface area (Å²) in [6, 6.07) is 15.6. The van der Waals surface area contributed by atoms with Gasteiger partial charge in [-0.2, -0.15) is 5.10 Å². The van der Waals surface area contributed by atoms with Gasteiger partial charge in [0.05, 0.1) is 30.3 Å². The number of anilines is 1. The van der Waals surface area contributed by atoms with E-state index in [1.807, 2.05) is 52.9 Å². The Balaban J connectivity index is 1.51. The molecule has 4 rings (SSSR count). The molecule has 0 N–H and O–H groups in total. The third-order valence-corrected chi connectivity index (χ3v) is 5.94. The summed E-state index contributed by atoms with van der Waals surface area (Å²) in [5.41, 5.74) is 3.59. The predicted octanol–water partition coefficient (Wildman–Crippen LogP) is 4.45. The van der Waals surface area contributed by atoms with Crippen molar-refractivity contribution in [3.05, 3.63) is 71.0 Å². The van der Waals surface area contributed by atoms with E-state index in [-0.39, 0.29) is 5.91 Å². The minimum absolute atomic E-state index is 0.0432. The zero-order valence-electron chi connectivity index (χ0n) is 17.9. The maximum absolute atomic E-state index is 13.4. The van der Waals surface area contributed by atoms with Gasteiger partial charge in [-0.25, -0.2) is 4.68 Å². The number of hydrogen-bond donors (Lipinski definition) is 0. The number of aromatic nitrogens is 2. The molecule has 0 atom stereocenters. The Morgan fingerprint density at radius 2 is 1.87 bits per heavy atom. The Hall–Kier alpha value is -2.99. The van der Waals surface area contributed by atoms with Crippen LogP contribution < -0.4 is 9.64 Å². The van der Waals surface area contributed by atoms with Crippen molar-refractivity contribution in [1.82, 2.24) is 14.7 Å². The van der Waals surface area contributed by atoms with Crippen LogP contribution in [0.5, 0.6) is 5.75 Å². The largest absolute Gasteiger partial charge is 0.497 e. The molecule has 1 aromatic heterocycles. The molecule has 0 bridgehead atoms. The van der Waals surface area contributed by atoms with Crippen LogP contribution >= 0.6 is 11.6 Å². The van der Waals surface area contributed by atoms with Crippen molar-refractivity contribution in [3.63, 3.8) is 0 Å². The van der Waals surface area contributed by atoms with Crippen molar-refractivity contribution in [2.24, 2.45) is 0 Å². The van der Waals surface area contributed by atoms with E-state index >= 15 is 0 Å². The number of amides is 1. The molecular weight excluding hydrogens is 412 g/mol. The first-order valence-corrected chi connectivity index (χ1v) is 11.0. The van der Waals surface area contributed by atoms with E-state index < -0.39 is 0 Å². The van der Waals surface area contributed by atoms with E-state index in [4.69, 9.17) is 16.3 Å². The van der Waals surface area contributed by atoms with E-state index in [2.05, 4.69) is 22.1 Å². The fourth-order valence-corrected chi connectivity index (χ4v) is 4.25. The molecular formula is C24H27ClN4O2.